The minimum Gasteiger partial charge on any atom is -0.443 e. The average molecular weight is 272 g/mol. The van der Waals surface area contributed by atoms with Gasteiger partial charge >= 0.3 is 6.09 Å². The number of benzene rings is 1. The molecule has 5 heteroatoms. The second kappa shape index (κ2) is 5.65. The summed E-state index contributed by atoms with van der Waals surface area (Å²) < 4.78 is 5.09. The Labute approximate surface area is 110 Å². The van der Waals surface area contributed by atoms with E-state index in [1.807, 2.05) is 18.4 Å². The number of amides is 1. The Morgan fingerprint density at radius 1 is 1.47 bits per heavy atom. The Balaban J connectivity index is 1.98. The first-order chi connectivity index (χ1) is 8.22. The quantitative estimate of drug-likeness (QED) is 0.623. The number of carbonyl (C=O) groups excluding carboxylic acids is 1. The Morgan fingerprint density at radius 2 is 2.18 bits per heavy atom. The number of thioether (sulfide) groups is 1. The molecule has 1 aliphatic rings. The summed E-state index contributed by atoms with van der Waals surface area (Å²) in [5, 5.41) is 0. The first kappa shape index (κ1) is 12.6. The van der Waals surface area contributed by atoms with Gasteiger partial charge in [-0.2, -0.15) is 0 Å². The molecule has 1 amide bonds. The van der Waals surface area contributed by atoms with Gasteiger partial charge in [0.15, 0.2) is 0 Å². The van der Waals surface area contributed by atoms with Gasteiger partial charge in [0.1, 0.15) is 6.10 Å². The zero-order valence-corrected chi connectivity index (χ0v) is 11.1. The van der Waals surface area contributed by atoms with Gasteiger partial charge in [-0.25, -0.2) is 4.79 Å². The van der Waals surface area contributed by atoms with E-state index < -0.39 is 0 Å². The van der Waals surface area contributed by atoms with Crippen LogP contribution in [0, 0.1) is 0 Å². The fraction of sp³-hybridized carbons (Fsp3) is 0.417. The zero-order chi connectivity index (χ0) is 12.3. The summed E-state index contributed by atoms with van der Waals surface area (Å²) in [6.45, 7) is 1.16. The third-order valence-electron chi connectivity index (χ3n) is 2.65. The largest absolute Gasteiger partial charge is 0.443 e. The lowest BCUT2D eigenvalue weighted by molar-refractivity contribution is 0.138. The predicted octanol–water partition coefficient (Wildman–Crippen LogP) is 2.97. The molecular weight excluding hydrogens is 258 g/mol. The van der Waals surface area contributed by atoms with Crippen molar-refractivity contribution in [2.24, 2.45) is 0 Å². The number of cyclic esters (lactones) is 1. The fourth-order valence-corrected chi connectivity index (χ4v) is 2.30. The van der Waals surface area contributed by atoms with Crippen LogP contribution in [-0.2, 0) is 11.3 Å². The van der Waals surface area contributed by atoms with Gasteiger partial charge in [-0.15, -0.1) is 23.4 Å². The van der Waals surface area contributed by atoms with Gasteiger partial charge in [0.05, 0.1) is 12.4 Å². The maximum absolute atomic E-state index is 11.5. The Bertz CT molecular complexity index is 396. The Kier molecular flexibility index (Phi) is 4.18. The van der Waals surface area contributed by atoms with Gasteiger partial charge < -0.3 is 9.64 Å². The van der Waals surface area contributed by atoms with Gasteiger partial charge in [0, 0.05) is 11.4 Å². The normalized spacial score (nSPS) is 19.5. The molecule has 1 aliphatic heterocycles. The lowest BCUT2D eigenvalue weighted by Crippen LogP contribution is -2.24. The van der Waals surface area contributed by atoms with E-state index >= 15 is 0 Å². The summed E-state index contributed by atoms with van der Waals surface area (Å²) in [6.07, 6.45) is 1.59. The van der Waals surface area contributed by atoms with Crippen LogP contribution in [0.5, 0.6) is 0 Å². The highest BCUT2D eigenvalue weighted by Crippen LogP contribution is 2.19. The molecule has 1 atom stereocenters. The maximum atomic E-state index is 11.5. The lowest BCUT2D eigenvalue weighted by Gasteiger charge is -2.12. The molecule has 1 fully saturated rings. The fourth-order valence-electron chi connectivity index (χ4n) is 1.74. The summed E-state index contributed by atoms with van der Waals surface area (Å²) in [5.74, 6) is 0.355. The summed E-state index contributed by atoms with van der Waals surface area (Å²) in [4.78, 5) is 14.4. The molecule has 1 unspecified atom stereocenters. The number of halogens is 1. The molecule has 0 radical (unpaired) electrons. The molecular formula is C12H14ClNO2S. The number of alkyl halides is 1. The SMILES string of the molecule is CSc1ccc(CN2CC(CCl)OC2=O)cc1. The maximum Gasteiger partial charge on any atom is 0.410 e. The number of rotatable bonds is 4. The molecule has 3 nitrogen and oxygen atoms in total. The second-order valence-corrected chi connectivity index (χ2v) is 5.08. The van der Waals surface area contributed by atoms with Crippen LogP contribution in [0.2, 0.25) is 0 Å². The third kappa shape index (κ3) is 3.07. The Morgan fingerprint density at radius 3 is 2.71 bits per heavy atom. The van der Waals surface area contributed by atoms with Crippen LogP contribution in [-0.4, -0.2) is 35.8 Å². The average Bonchev–Trinajstić information content (AvgIpc) is 2.71. The van der Waals surface area contributed by atoms with Crippen molar-refractivity contribution in [2.75, 3.05) is 18.7 Å². The first-order valence-electron chi connectivity index (χ1n) is 5.37. The van der Waals surface area contributed by atoms with Crippen molar-refractivity contribution in [3.63, 3.8) is 0 Å². The van der Waals surface area contributed by atoms with Crippen molar-refractivity contribution in [2.45, 2.75) is 17.5 Å². The predicted molar refractivity (Wildman–Crippen MR) is 69.6 cm³/mol. The van der Waals surface area contributed by atoms with E-state index in [9.17, 15) is 4.79 Å². The molecule has 0 N–H and O–H groups in total. The standard InChI is InChI=1S/C12H14ClNO2S/c1-17-11-4-2-9(3-5-11)7-14-8-10(6-13)16-12(14)15/h2-5,10H,6-8H2,1H3. The van der Waals surface area contributed by atoms with E-state index in [0.717, 1.165) is 5.56 Å². The van der Waals surface area contributed by atoms with Gasteiger partial charge in [-0.1, -0.05) is 12.1 Å². The molecule has 0 saturated carbocycles. The molecule has 92 valence electrons. The summed E-state index contributed by atoms with van der Waals surface area (Å²) >= 11 is 7.38. The Hall–Kier alpha value is -0.870. The number of carbonyl (C=O) groups is 1. The van der Waals surface area contributed by atoms with Crippen LogP contribution in [0.15, 0.2) is 29.2 Å². The molecule has 0 bridgehead atoms. The molecule has 0 aromatic heterocycles. The first-order valence-corrected chi connectivity index (χ1v) is 7.13. The lowest BCUT2D eigenvalue weighted by atomic mass is 10.2. The minimum absolute atomic E-state index is 0.172. The third-order valence-corrected chi connectivity index (χ3v) is 3.74. The van der Waals surface area contributed by atoms with Crippen LogP contribution < -0.4 is 0 Å². The highest BCUT2D eigenvalue weighted by atomic mass is 35.5. The van der Waals surface area contributed by atoms with E-state index in [-0.39, 0.29) is 12.2 Å². The second-order valence-electron chi connectivity index (χ2n) is 3.89. The van der Waals surface area contributed by atoms with Crippen molar-refractivity contribution >= 4 is 29.5 Å². The molecule has 0 spiro atoms. The van der Waals surface area contributed by atoms with Gasteiger partial charge in [-0.05, 0) is 24.0 Å². The molecule has 1 heterocycles. The van der Waals surface area contributed by atoms with Gasteiger partial charge in [0.2, 0.25) is 0 Å². The van der Waals surface area contributed by atoms with Gasteiger partial charge in [0.25, 0.3) is 0 Å². The molecule has 1 saturated heterocycles. The smallest absolute Gasteiger partial charge is 0.410 e. The number of hydrogen-bond donors (Lipinski definition) is 0. The zero-order valence-electron chi connectivity index (χ0n) is 9.56. The summed E-state index contributed by atoms with van der Waals surface area (Å²) in [6, 6.07) is 8.18. The monoisotopic (exact) mass is 271 g/mol. The summed E-state index contributed by atoms with van der Waals surface area (Å²) in [5.41, 5.74) is 1.11. The van der Waals surface area contributed by atoms with Crippen LogP contribution in [0.4, 0.5) is 4.79 Å². The van der Waals surface area contributed by atoms with Gasteiger partial charge in [-0.3, -0.25) is 0 Å². The van der Waals surface area contributed by atoms with Crippen molar-refractivity contribution in [3.05, 3.63) is 29.8 Å². The molecule has 2 rings (SSSR count). The van der Waals surface area contributed by atoms with Crippen LogP contribution >= 0.6 is 23.4 Å². The van der Waals surface area contributed by atoms with E-state index in [4.69, 9.17) is 16.3 Å². The minimum atomic E-state index is -0.274. The van der Waals surface area contributed by atoms with E-state index in [1.54, 1.807) is 16.7 Å². The van der Waals surface area contributed by atoms with E-state index in [1.165, 1.54) is 4.90 Å². The van der Waals surface area contributed by atoms with Crippen LogP contribution in [0.1, 0.15) is 5.56 Å². The van der Waals surface area contributed by atoms with Crippen molar-refractivity contribution < 1.29 is 9.53 Å². The number of hydrogen-bond acceptors (Lipinski definition) is 3. The molecule has 1 aromatic rings. The highest BCUT2D eigenvalue weighted by molar-refractivity contribution is 7.98. The number of nitrogens with zero attached hydrogens (tertiary/aromatic N) is 1. The number of ether oxygens (including phenoxy) is 1. The topological polar surface area (TPSA) is 29.5 Å². The molecule has 17 heavy (non-hydrogen) atoms. The van der Waals surface area contributed by atoms with Crippen molar-refractivity contribution in [1.82, 2.24) is 4.90 Å². The van der Waals surface area contributed by atoms with Crippen molar-refractivity contribution in [1.29, 1.82) is 0 Å². The summed E-state index contributed by atoms with van der Waals surface area (Å²) in [7, 11) is 0. The van der Waals surface area contributed by atoms with E-state index in [0.29, 0.717) is 19.0 Å². The van der Waals surface area contributed by atoms with Crippen molar-refractivity contribution in [3.8, 4) is 0 Å². The van der Waals surface area contributed by atoms with E-state index in [2.05, 4.69) is 12.1 Å². The molecule has 0 aliphatic carbocycles. The van der Waals surface area contributed by atoms with Crippen LogP contribution in [0.3, 0.4) is 0 Å². The highest BCUT2D eigenvalue weighted by Gasteiger charge is 2.30. The molecule has 1 aromatic carbocycles. The van der Waals surface area contributed by atoms with Crippen LogP contribution in [0.25, 0.3) is 0 Å².